The fourth-order valence-electron chi connectivity index (χ4n) is 3.14. The highest BCUT2D eigenvalue weighted by atomic mass is 19.2. The summed E-state index contributed by atoms with van der Waals surface area (Å²) in [5.41, 5.74) is 2.72. The van der Waals surface area contributed by atoms with E-state index in [9.17, 15) is 9.18 Å². The molecule has 168 valence electrons. The van der Waals surface area contributed by atoms with E-state index in [0.717, 1.165) is 11.3 Å². The Morgan fingerprint density at radius 1 is 1.00 bits per heavy atom. The van der Waals surface area contributed by atoms with Crippen molar-refractivity contribution in [1.29, 1.82) is 0 Å². The summed E-state index contributed by atoms with van der Waals surface area (Å²) >= 11 is 0. The predicted molar refractivity (Wildman–Crippen MR) is 124 cm³/mol. The Hall–Kier alpha value is -4.20. The number of ether oxygens (including phenoxy) is 2. The number of nitrogens with one attached hydrogen (secondary N) is 1. The summed E-state index contributed by atoms with van der Waals surface area (Å²) < 4.78 is 25.6. The Labute approximate surface area is 190 Å². The van der Waals surface area contributed by atoms with Gasteiger partial charge in [-0.2, -0.15) is 4.39 Å². The molecule has 0 radical (unpaired) electrons. The van der Waals surface area contributed by atoms with Gasteiger partial charge in [-0.05, 0) is 66.7 Å². The van der Waals surface area contributed by atoms with Crippen molar-refractivity contribution in [3.05, 3.63) is 84.7 Å². The van der Waals surface area contributed by atoms with Crippen LogP contribution in [0.1, 0.15) is 24.2 Å². The first-order valence-electron chi connectivity index (χ1n) is 10.3. The van der Waals surface area contributed by atoms with Gasteiger partial charge in [0.25, 0.3) is 5.91 Å². The van der Waals surface area contributed by atoms with Gasteiger partial charge in [-0.25, -0.2) is 9.67 Å². The maximum atomic E-state index is 13.6. The van der Waals surface area contributed by atoms with E-state index in [-0.39, 0.29) is 5.91 Å². The van der Waals surface area contributed by atoms with Gasteiger partial charge in [-0.3, -0.25) is 4.79 Å². The van der Waals surface area contributed by atoms with Crippen LogP contribution in [0.15, 0.2) is 79.1 Å². The Kier molecular flexibility index (Phi) is 6.08. The number of benzene rings is 3. The second kappa shape index (κ2) is 9.12. The summed E-state index contributed by atoms with van der Waals surface area (Å²) in [5, 5.41) is 7.36. The molecule has 0 aliphatic carbocycles. The number of hydrogen-bond donors (Lipinski definition) is 1. The third-order valence-electron chi connectivity index (χ3n) is 4.69. The minimum Gasteiger partial charge on any atom is -0.497 e. The monoisotopic (exact) mass is 446 g/mol. The second-order valence-electron chi connectivity index (χ2n) is 7.74. The van der Waals surface area contributed by atoms with Crippen LogP contribution in [0.3, 0.4) is 0 Å². The number of nitrogens with zero attached hydrogens (tertiary/aromatic N) is 3. The van der Waals surface area contributed by atoms with Gasteiger partial charge in [0, 0.05) is 30.7 Å². The van der Waals surface area contributed by atoms with Gasteiger partial charge < -0.3 is 14.8 Å². The number of amides is 1. The second-order valence-corrected chi connectivity index (χ2v) is 7.74. The average Bonchev–Trinajstić information content (AvgIpc) is 3.29. The van der Waals surface area contributed by atoms with Crippen molar-refractivity contribution in [3.63, 3.8) is 0 Å². The molecule has 1 amide bonds. The molecule has 0 atom stereocenters. The van der Waals surface area contributed by atoms with Gasteiger partial charge >= 0.3 is 0 Å². The number of rotatable bonds is 7. The molecule has 0 saturated carbocycles. The SMILES string of the molecule is COc1cccc(C(=O)Nc2ccc(-c3ncn(-c4ccc(OC(C)(C)F)cc4)n3)cc2)c1. The minimum atomic E-state index is -1.75. The average molecular weight is 446 g/mol. The number of halogens is 1. The minimum absolute atomic E-state index is 0.229. The van der Waals surface area contributed by atoms with Crippen LogP contribution in [0, 0.1) is 0 Å². The van der Waals surface area contributed by atoms with E-state index in [4.69, 9.17) is 9.47 Å². The van der Waals surface area contributed by atoms with Crippen molar-refractivity contribution >= 4 is 11.6 Å². The lowest BCUT2D eigenvalue weighted by Crippen LogP contribution is -2.20. The molecule has 4 aromatic rings. The molecule has 0 fully saturated rings. The van der Waals surface area contributed by atoms with Crippen LogP contribution in [-0.2, 0) is 0 Å². The zero-order valence-corrected chi connectivity index (χ0v) is 18.4. The number of hydrogen-bond acceptors (Lipinski definition) is 5. The highest BCUT2D eigenvalue weighted by Gasteiger charge is 2.17. The summed E-state index contributed by atoms with van der Waals surface area (Å²) in [7, 11) is 1.56. The number of carbonyl (C=O) groups is 1. The molecule has 3 aromatic carbocycles. The predicted octanol–water partition coefficient (Wildman–Crippen LogP) is 5.28. The summed E-state index contributed by atoms with van der Waals surface area (Å²) in [6.45, 7) is 2.69. The Bertz CT molecular complexity index is 1250. The van der Waals surface area contributed by atoms with Crippen LogP contribution in [0.25, 0.3) is 17.1 Å². The third kappa shape index (κ3) is 5.54. The van der Waals surface area contributed by atoms with Crippen LogP contribution in [0.4, 0.5) is 10.1 Å². The highest BCUT2D eigenvalue weighted by Crippen LogP contribution is 2.23. The summed E-state index contributed by atoms with van der Waals surface area (Å²) in [4.78, 5) is 16.8. The topological polar surface area (TPSA) is 78.3 Å². The lowest BCUT2D eigenvalue weighted by Gasteiger charge is -2.17. The van der Waals surface area contributed by atoms with Crippen LogP contribution in [0.5, 0.6) is 11.5 Å². The first-order valence-corrected chi connectivity index (χ1v) is 10.3. The van der Waals surface area contributed by atoms with Crippen molar-refractivity contribution in [1.82, 2.24) is 14.8 Å². The van der Waals surface area contributed by atoms with E-state index in [0.29, 0.717) is 28.6 Å². The summed E-state index contributed by atoms with van der Waals surface area (Å²) in [5.74, 6) is -0.397. The molecular weight excluding hydrogens is 423 g/mol. The largest absolute Gasteiger partial charge is 0.497 e. The molecule has 0 bridgehead atoms. The van der Waals surface area contributed by atoms with E-state index in [1.807, 2.05) is 12.1 Å². The lowest BCUT2D eigenvalue weighted by molar-refractivity contribution is -0.0257. The van der Waals surface area contributed by atoms with E-state index < -0.39 is 5.85 Å². The van der Waals surface area contributed by atoms with Gasteiger partial charge in [0.2, 0.25) is 5.85 Å². The first kappa shape index (κ1) is 22.0. The van der Waals surface area contributed by atoms with Crippen LogP contribution < -0.4 is 14.8 Å². The van der Waals surface area contributed by atoms with Crippen molar-refractivity contribution in [2.75, 3.05) is 12.4 Å². The smallest absolute Gasteiger partial charge is 0.255 e. The number of anilines is 1. The molecule has 1 N–H and O–H groups in total. The van der Waals surface area contributed by atoms with Crippen LogP contribution in [0.2, 0.25) is 0 Å². The summed E-state index contributed by atoms with van der Waals surface area (Å²) in [6, 6.07) is 21.1. The van der Waals surface area contributed by atoms with E-state index in [1.54, 1.807) is 78.8 Å². The van der Waals surface area contributed by atoms with Crippen molar-refractivity contribution in [3.8, 4) is 28.6 Å². The van der Waals surface area contributed by atoms with Gasteiger partial charge in [-0.1, -0.05) is 6.07 Å². The maximum absolute atomic E-state index is 13.6. The fraction of sp³-hybridized carbons (Fsp3) is 0.160. The van der Waals surface area contributed by atoms with E-state index in [2.05, 4.69) is 15.4 Å². The molecule has 8 heteroatoms. The van der Waals surface area contributed by atoms with Crippen molar-refractivity contribution < 1.29 is 18.7 Å². The molecule has 1 heterocycles. The molecule has 0 spiro atoms. The van der Waals surface area contributed by atoms with Crippen LogP contribution >= 0.6 is 0 Å². The number of alkyl halides is 1. The molecule has 0 aliphatic rings. The first-order chi connectivity index (χ1) is 15.8. The van der Waals surface area contributed by atoms with Crippen molar-refractivity contribution in [2.45, 2.75) is 19.7 Å². The molecule has 0 aliphatic heterocycles. The number of aromatic nitrogens is 3. The summed E-state index contributed by atoms with van der Waals surface area (Å²) in [6.07, 6.45) is 1.60. The number of carbonyl (C=O) groups excluding carboxylic acids is 1. The standard InChI is InChI=1S/C25H23FN4O3/c1-25(2,26)33-21-13-11-20(12-14-21)30-16-27-23(29-30)17-7-9-19(10-8-17)28-24(31)18-5-4-6-22(15-18)32-3/h4-16H,1-3H3,(H,28,31). The zero-order valence-electron chi connectivity index (χ0n) is 18.4. The molecule has 33 heavy (non-hydrogen) atoms. The Morgan fingerprint density at radius 2 is 1.73 bits per heavy atom. The molecule has 0 unspecified atom stereocenters. The van der Waals surface area contributed by atoms with Crippen molar-refractivity contribution in [2.24, 2.45) is 0 Å². The molecule has 1 aromatic heterocycles. The number of methoxy groups -OCH3 is 1. The molecule has 4 rings (SSSR count). The van der Waals surface area contributed by atoms with E-state index >= 15 is 0 Å². The highest BCUT2D eigenvalue weighted by molar-refractivity contribution is 6.04. The zero-order chi connectivity index (χ0) is 23.4. The molecule has 7 nitrogen and oxygen atoms in total. The maximum Gasteiger partial charge on any atom is 0.255 e. The normalized spacial score (nSPS) is 11.2. The fourth-order valence-corrected chi connectivity index (χ4v) is 3.14. The van der Waals surface area contributed by atoms with Gasteiger partial charge in [0.1, 0.15) is 17.8 Å². The van der Waals surface area contributed by atoms with Gasteiger partial charge in [0.05, 0.1) is 12.8 Å². The quantitative estimate of drug-likeness (QED) is 0.418. The van der Waals surface area contributed by atoms with E-state index in [1.165, 1.54) is 13.8 Å². The van der Waals surface area contributed by atoms with Gasteiger partial charge in [-0.15, -0.1) is 5.10 Å². The lowest BCUT2D eigenvalue weighted by atomic mass is 10.1. The molecular formula is C25H23FN4O3. The Morgan fingerprint density at radius 3 is 2.39 bits per heavy atom. The third-order valence-corrected chi connectivity index (χ3v) is 4.69. The Balaban J connectivity index is 1.44. The van der Waals surface area contributed by atoms with Crippen LogP contribution in [-0.4, -0.2) is 33.6 Å². The van der Waals surface area contributed by atoms with Gasteiger partial charge in [0.15, 0.2) is 5.82 Å². The molecule has 0 saturated heterocycles.